The average molecular weight is 403 g/mol. The van der Waals surface area contributed by atoms with Gasteiger partial charge < -0.3 is 18.9 Å². The Balaban J connectivity index is 2.03. The standard InChI is InChI=1S/C24H34O5/c1-10-16-12-15(14(3)4)13-17(22(16,5)6)18(25)19-24(11-2,26-9)20-21(27-19)29-23(7,8)28-20/h10-11,13,15-16,19-21H,1-3,12H2,4-9H3/t15-,16-,19+,20-,21+,24+/m0/s1. The van der Waals surface area contributed by atoms with Gasteiger partial charge in [0.15, 0.2) is 29.6 Å². The lowest BCUT2D eigenvalue weighted by Gasteiger charge is -2.43. The van der Waals surface area contributed by atoms with Crippen molar-refractivity contribution in [2.24, 2.45) is 17.3 Å². The van der Waals surface area contributed by atoms with Gasteiger partial charge in [-0.25, -0.2) is 0 Å². The van der Waals surface area contributed by atoms with Gasteiger partial charge in [-0.2, -0.15) is 0 Å². The molecule has 0 N–H and O–H groups in total. The van der Waals surface area contributed by atoms with Gasteiger partial charge >= 0.3 is 0 Å². The monoisotopic (exact) mass is 402 g/mol. The van der Waals surface area contributed by atoms with Crippen molar-refractivity contribution < 1.29 is 23.7 Å². The van der Waals surface area contributed by atoms with Gasteiger partial charge in [0.05, 0.1) is 0 Å². The van der Waals surface area contributed by atoms with E-state index in [9.17, 15) is 4.79 Å². The minimum Gasteiger partial charge on any atom is -0.368 e. The van der Waals surface area contributed by atoms with Crippen LogP contribution in [-0.4, -0.2) is 42.8 Å². The van der Waals surface area contributed by atoms with Gasteiger partial charge in [0.1, 0.15) is 6.10 Å². The average Bonchev–Trinajstić information content (AvgIpc) is 3.10. The Hall–Kier alpha value is -1.53. The lowest BCUT2D eigenvalue weighted by atomic mass is 9.62. The molecule has 3 rings (SSSR count). The quantitative estimate of drug-likeness (QED) is 0.618. The molecule has 2 aliphatic heterocycles. The predicted molar refractivity (Wildman–Crippen MR) is 112 cm³/mol. The maximum absolute atomic E-state index is 13.9. The van der Waals surface area contributed by atoms with Gasteiger partial charge in [0.2, 0.25) is 0 Å². The van der Waals surface area contributed by atoms with E-state index in [1.165, 1.54) is 0 Å². The molecule has 0 saturated carbocycles. The van der Waals surface area contributed by atoms with Crippen LogP contribution in [0.25, 0.3) is 0 Å². The maximum atomic E-state index is 13.9. The SMILES string of the molecule is C=C[C@H]1C[C@H](C(=C)C)C=C(C(=O)[C@H]2O[C@@H]3OC(C)(C)O[C@@H]3[C@]2(C=C)OC)C1(C)C. The van der Waals surface area contributed by atoms with E-state index < -0.39 is 35.3 Å². The van der Waals surface area contributed by atoms with Crippen LogP contribution in [-0.2, 0) is 23.7 Å². The second-order valence-corrected chi connectivity index (χ2v) is 9.40. The largest absolute Gasteiger partial charge is 0.368 e. The molecule has 0 amide bonds. The molecule has 5 nitrogen and oxygen atoms in total. The summed E-state index contributed by atoms with van der Waals surface area (Å²) in [7, 11) is 1.55. The summed E-state index contributed by atoms with van der Waals surface area (Å²) < 4.78 is 23.9. The van der Waals surface area contributed by atoms with E-state index in [0.717, 1.165) is 12.0 Å². The second-order valence-electron chi connectivity index (χ2n) is 9.40. The molecule has 2 saturated heterocycles. The number of hydrogen-bond donors (Lipinski definition) is 0. The van der Waals surface area contributed by atoms with Crippen molar-refractivity contribution in [3.05, 3.63) is 49.1 Å². The molecule has 5 heteroatoms. The van der Waals surface area contributed by atoms with E-state index >= 15 is 0 Å². The lowest BCUT2D eigenvalue weighted by Crippen LogP contribution is -2.53. The first kappa shape index (κ1) is 22.2. The Morgan fingerprint density at radius 3 is 2.41 bits per heavy atom. The summed E-state index contributed by atoms with van der Waals surface area (Å²) in [6.07, 6.45) is 4.30. The van der Waals surface area contributed by atoms with Gasteiger partial charge in [0, 0.05) is 12.7 Å². The third-order valence-corrected chi connectivity index (χ3v) is 6.77. The summed E-state index contributed by atoms with van der Waals surface area (Å²) in [6, 6.07) is 0. The zero-order valence-electron chi connectivity index (χ0n) is 18.5. The van der Waals surface area contributed by atoms with Crippen molar-refractivity contribution in [1.82, 2.24) is 0 Å². The minimum atomic E-state index is -1.13. The van der Waals surface area contributed by atoms with Gasteiger partial charge in [-0.05, 0) is 44.4 Å². The van der Waals surface area contributed by atoms with Gasteiger partial charge in [0.25, 0.3) is 0 Å². The smallest absolute Gasteiger partial charge is 0.191 e. The number of fused-ring (bicyclic) bond motifs is 1. The maximum Gasteiger partial charge on any atom is 0.191 e. The molecule has 3 aliphatic rings. The molecule has 2 fully saturated rings. The number of rotatable bonds is 6. The highest BCUT2D eigenvalue weighted by Crippen LogP contribution is 2.50. The van der Waals surface area contributed by atoms with E-state index in [0.29, 0.717) is 5.57 Å². The first-order chi connectivity index (χ1) is 13.4. The second kappa shape index (κ2) is 7.31. The molecule has 160 valence electrons. The summed E-state index contributed by atoms with van der Waals surface area (Å²) in [6.45, 7) is 21.8. The third kappa shape index (κ3) is 3.38. The van der Waals surface area contributed by atoms with Gasteiger partial charge in [-0.3, -0.25) is 4.79 Å². The van der Waals surface area contributed by atoms with Gasteiger partial charge in [-0.15, -0.1) is 13.2 Å². The fourth-order valence-electron chi connectivity index (χ4n) is 4.85. The minimum absolute atomic E-state index is 0.109. The van der Waals surface area contributed by atoms with Crippen LogP contribution in [0.2, 0.25) is 0 Å². The molecule has 6 atom stereocenters. The zero-order valence-corrected chi connectivity index (χ0v) is 18.5. The highest BCUT2D eigenvalue weighted by atomic mass is 16.8. The van der Waals surface area contributed by atoms with Crippen molar-refractivity contribution in [3.8, 4) is 0 Å². The van der Waals surface area contributed by atoms with Crippen LogP contribution in [0.15, 0.2) is 49.1 Å². The highest BCUT2D eigenvalue weighted by molar-refractivity contribution is 6.01. The molecule has 0 radical (unpaired) electrons. The van der Waals surface area contributed by atoms with Crippen LogP contribution in [0, 0.1) is 17.3 Å². The molecule has 0 spiro atoms. The van der Waals surface area contributed by atoms with Crippen LogP contribution >= 0.6 is 0 Å². The topological polar surface area (TPSA) is 54.0 Å². The third-order valence-electron chi connectivity index (χ3n) is 6.77. The Morgan fingerprint density at radius 1 is 1.24 bits per heavy atom. The van der Waals surface area contributed by atoms with E-state index in [4.69, 9.17) is 18.9 Å². The predicted octanol–water partition coefficient (Wildman–Crippen LogP) is 4.35. The molecule has 0 bridgehead atoms. The first-order valence-corrected chi connectivity index (χ1v) is 10.2. The molecule has 0 aromatic heterocycles. The number of ether oxygens (including phenoxy) is 4. The zero-order chi connectivity index (χ0) is 21.8. The number of allylic oxidation sites excluding steroid dienone is 3. The number of hydrogen-bond acceptors (Lipinski definition) is 5. The molecule has 29 heavy (non-hydrogen) atoms. The highest BCUT2D eigenvalue weighted by Gasteiger charge is 2.65. The summed E-state index contributed by atoms with van der Waals surface area (Å²) in [5.41, 5.74) is 0.200. The Bertz CT molecular complexity index is 761. The van der Waals surface area contributed by atoms with Gasteiger partial charge in [-0.1, -0.05) is 44.2 Å². The molecule has 0 aromatic carbocycles. The summed E-state index contributed by atoms with van der Waals surface area (Å²) >= 11 is 0. The summed E-state index contributed by atoms with van der Waals surface area (Å²) in [5.74, 6) is -0.702. The van der Waals surface area contributed by atoms with Crippen LogP contribution in [0.5, 0.6) is 0 Å². The lowest BCUT2D eigenvalue weighted by molar-refractivity contribution is -0.224. The summed E-state index contributed by atoms with van der Waals surface area (Å²) in [5, 5.41) is 0. The fraction of sp³-hybridized carbons (Fsp3) is 0.625. The molecule has 2 heterocycles. The Labute approximate surface area is 174 Å². The molecular weight excluding hydrogens is 368 g/mol. The normalized spacial score (nSPS) is 40.1. The van der Waals surface area contributed by atoms with Crippen LogP contribution in [0.4, 0.5) is 0 Å². The van der Waals surface area contributed by atoms with Crippen molar-refractivity contribution in [1.29, 1.82) is 0 Å². The number of carbonyl (C=O) groups is 1. The van der Waals surface area contributed by atoms with Crippen molar-refractivity contribution in [3.63, 3.8) is 0 Å². The molecular formula is C24H34O5. The van der Waals surface area contributed by atoms with E-state index in [1.54, 1.807) is 13.2 Å². The summed E-state index contributed by atoms with van der Waals surface area (Å²) in [4.78, 5) is 13.9. The Kier molecular flexibility index (Phi) is 5.59. The molecule has 1 aliphatic carbocycles. The number of ketones is 1. The van der Waals surface area contributed by atoms with Crippen LogP contribution in [0.1, 0.15) is 41.0 Å². The Morgan fingerprint density at radius 2 is 1.90 bits per heavy atom. The number of carbonyl (C=O) groups excluding carboxylic acids is 1. The van der Waals surface area contributed by atoms with Crippen LogP contribution in [0.3, 0.4) is 0 Å². The molecule has 0 aromatic rings. The number of Topliss-reactive ketones (excluding diaryl/α,β-unsaturated/α-hetero) is 1. The van der Waals surface area contributed by atoms with Crippen molar-refractivity contribution >= 4 is 5.78 Å². The van der Waals surface area contributed by atoms with Crippen molar-refractivity contribution in [2.45, 2.75) is 70.9 Å². The van der Waals surface area contributed by atoms with Crippen molar-refractivity contribution in [2.75, 3.05) is 7.11 Å². The fourth-order valence-corrected chi connectivity index (χ4v) is 4.85. The first-order valence-electron chi connectivity index (χ1n) is 10.2. The number of methoxy groups -OCH3 is 1. The molecule has 0 unspecified atom stereocenters. The van der Waals surface area contributed by atoms with E-state index in [2.05, 4.69) is 33.6 Å². The van der Waals surface area contributed by atoms with E-state index in [1.807, 2.05) is 32.9 Å². The van der Waals surface area contributed by atoms with E-state index in [-0.39, 0.29) is 17.6 Å². The van der Waals surface area contributed by atoms with Crippen LogP contribution < -0.4 is 0 Å².